The number of morpholine rings is 1. The Labute approximate surface area is 83.7 Å². The van der Waals surface area contributed by atoms with Crippen molar-refractivity contribution in [2.75, 3.05) is 26.3 Å². The van der Waals surface area contributed by atoms with Gasteiger partial charge >= 0.3 is 0 Å². The molecule has 4 atom stereocenters. The number of carbonyl (C=O) groups is 1. The molecule has 1 aliphatic heterocycles. The Morgan fingerprint density at radius 2 is 2.07 bits per heavy atom. The predicted molar refractivity (Wildman–Crippen MR) is 51.9 cm³/mol. The maximum absolute atomic E-state index is 10.7. The van der Waals surface area contributed by atoms with Crippen LogP contribution in [0.3, 0.4) is 0 Å². The van der Waals surface area contributed by atoms with Crippen molar-refractivity contribution in [2.24, 2.45) is 17.8 Å². The Kier molecular flexibility index (Phi) is 1.96. The lowest BCUT2D eigenvalue weighted by Gasteiger charge is -2.32. The Morgan fingerprint density at radius 3 is 2.71 bits per heavy atom. The van der Waals surface area contributed by atoms with Gasteiger partial charge in [0.1, 0.15) is 6.29 Å². The van der Waals surface area contributed by atoms with Crippen LogP contribution in [0.5, 0.6) is 0 Å². The first-order valence-corrected chi connectivity index (χ1v) is 5.37. The van der Waals surface area contributed by atoms with E-state index in [1.165, 1.54) is 0 Å². The summed E-state index contributed by atoms with van der Waals surface area (Å²) in [6, 6.07) is 0.513. The third kappa shape index (κ3) is 1.16. The van der Waals surface area contributed by atoms with Crippen LogP contribution in [-0.2, 0) is 9.53 Å². The van der Waals surface area contributed by atoms with Gasteiger partial charge in [-0.1, -0.05) is 12.2 Å². The van der Waals surface area contributed by atoms with Gasteiger partial charge in [0.25, 0.3) is 0 Å². The molecule has 3 nitrogen and oxygen atoms in total. The fourth-order valence-corrected chi connectivity index (χ4v) is 2.89. The lowest BCUT2D eigenvalue weighted by molar-refractivity contribution is -0.109. The van der Waals surface area contributed by atoms with Crippen LogP contribution in [0.1, 0.15) is 0 Å². The highest BCUT2D eigenvalue weighted by molar-refractivity contribution is 5.62. The molecule has 2 fully saturated rings. The fourth-order valence-electron chi connectivity index (χ4n) is 2.89. The molecule has 1 saturated carbocycles. The van der Waals surface area contributed by atoms with Crippen molar-refractivity contribution in [3.05, 3.63) is 12.2 Å². The van der Waals surface area contributed by atoms with Gasteiger partial charge in [-0.3, -0.25) is 4.90 Å². The molecule has 1 saturated heterocycles. The lowest BCUT2D eigenvalue weighted by atomic mass is 10.1. The number of hydrogen-bond acceptors (Lipinski definition) is 3. The molecule has 0 aromatic heterocycles. The summed E-state index contributed by atoms with van der Waals surface area (Å²) in [7, 11) is 0. The molecule has 1 heterocycles. The van der Waals surface area contributed by atoms with Crippen molar-refractivity contribution in [3.8, 4) is 0 Å². The van der Waals surface area contributed by atoms with Gasteiger partial charge in [0, 0.05) is 25.0 Å². The molecule has 0 aromatic rings. The summed E-state index contributed by atoms with van der Waals surface area (Å²) < 4.78 is 5.33. The van der Waals surface area contributed by atoms with Crippen molar-refractivity contribution in [3.63, 3.8) is 0 Å². The molecular weight excluding hydrogens is 178 g/mol. The van der Waals surface area contributed by atoms with Crippen molar-refractivity contribution in [1.29, 1.82) is 0 Å². The minimum Gasteiger partial charge on any atom is -0.379 e. The average molecular weight is 193 g/mol. The summed E-state index contributed by atoms with van der Waals surface area (Å²) in [4.78, 5) is 13.2. The molecule has 14 heavy (non-hydrogen) atoms. The number of carbonyl (C=O) groups excluding carboxylic acids is 1. The summed E-state index contributed by atoms with van der Waals surface area (Å²) in [5.41, 5.74) is 0. The predicted octanol–water partition coefficient (Wildman–Crippen LogP) is 0.318. The standard InChI is InChI=1S/C11H15NO2/c13-7-9-8-1-2-10(11(8)9)12-3-5-14-6-4-12/h1-2,7-11H,3-6H2/t8-,9-,10+,11-/m1/s1. The molecule has 3 heteroatoms. The molecule has 0 bridgehead atoms. The average Bonchev–Trinajstić information content (AvgIpc) is 2.78. The molecule has 0 N–H and O–H groups in total. The first-order valence-electron chi connectivity index (χ1n) is 5.37. The number of allylic oxidation sites excluding steroid dienone is 1. The summed E-state index contributed by atoms with van der Waals surface area (Å²) in [6.07, 6.45) is 5.64. The highest BCUT2D eigenvalue weighted by Crippen LogP contribution is 2.53. The maximum atomic E-state index is 10.7. The Hall–Kier alpha value is -0.670. The van der Waals surface area contributed by atoms with E-state index in [0.717, 1.165) is 32.6 Å². The summed E-state index contributed by atoms with van der Waals surface area (Å²) in [6.45, 7) is 3.72. The minimum absolute atomic E-state index is 0.313. The Balaban J connectivity index is 1.68. The maximum Gasteiger partial charge on any atom is 0.124 e. The third-order valence-electron chi connectivity index (χ3n) is 3.74. The van der Waals surface area contributed by atoms with E-state index in [0.29, 0.717) is 23.8 Å². The molecule has 0 unspecified atom stereocenters. The van der Waals surface area contributed by atoms with E-state index >= 15 is 0 Å². The van der Waals surface area contributed by atoms with Crippen molar-refractivity contribution in [2.45, 2.75) is 6.04 Å². The van der Waals surface area contributed by atoms with Crippen molar-refractivity contribution in [1.82, 2.24) is 4.90 Å². The topological polar surface area (TPSA) is 29.5 Å². The SMILES string of the molecule is O=C[C@@H]1[C@H]2C=C[C@H](N3CCOCC3)[C@@H]12. The smallest absolute Gasteiger partial charge is 0.124 e. The highest BCUT2D eigenvalue weighted by Gasteiger charge is 2.56. The van der Waals surface area contributed by atoms with E-state index in [2.05, 4.69) is 17.1 Å². The van der Waals surface area contributed by atoms with Gasteiger partial charge in [0.2, 0.25) is 0 Å². The third-order valence-corrected chi connectivity index (χ3v) is 3.74. The zero-order valence-electron chi connectivity index (χ0n) is 8.13. The first-order chi connectivity index (χ1) is 6.92. The van der Waals surface area contributed by atoms with Crippen LogP contribution < -0.4 is 0 Å². The summed E-state index contributed by atoms with van der Waals surface area (Å²) in [5.74, 6) is 1.46. The number of fused-ring (bicyclic) bond motifs is 1. The van der Waals surface area contributed by atoms with E-state index < -0.39 is 0 Å². The molecule has 3 rings (SSSR count). The van der Waals surface area contributed by atoms with Crippen LogP contribution in [-0.4, -0.2) is 43.5 Å². The minimum atomic E-state index is 0.313. The molecule has 0 spiro atoms. The second-order valence-electron chi connectivity index (χ2n) is 4.39. The van der Waals surface area contributed by atoms with Gasteiger partial charge in [-0.25, -0.2) is 0 Å². The second-order valence-corrected chi connectivity index (χ2v) is 4.39. The van der Waals surface area contributed by atoms with E-state index in [1.54, 1.807) is 0 Å². The number of rotatable bonds is 2. The van der Waals surface area contributed by atoms with Gasteiger partial charge in [-0.2, -0.15) is 0 Å². The Bertz CT molecular complexity index is 266. The van der Waals surface area contributed by atoms with Gasteiger partial charge in [-0.05, 0) is 11.8 Å². The highest BCUT2D eigenvalue weighted by atomic mass is 16.5. The molecule has 0 amide bonds. The zero-order valence-corrected chi connectivity index (χ0v) is 8.13. The van der Waals surface area contributed by atoms with Crippen molar-refractivity contribution < 1.29 is 9.53 Å². The second kappa shape index (κ2) is 3.17. The van der Waals surface area contributed by atoms with E-state index in [9.17, 15) is 4.79 Å². The fraction of sp³-hybridized carbons (Fsp3) is 0.727. The quantitative estimate of drug-likeness (QED) is 0.467. The number of hydrogen-bond donors (Lipinski definition) is 0. The van der Waals surface area contributed by atoms with Crippen LogP contribution in [0.25, 0.3) is 0 Å². The summed E-state index contributed by atoms with van der Waals surface area (Å²) >= 11 is 0. The van der Waals surface area contributed by atoms with Gasteiger partial charge in [0.05, 0.1) is 13.2 Å². The molecule has 3 aliphatic rings. The zero-order chi connectivity index (χ0) is 9.54. The van der Waals surface area contributed by atoms with Crippen LogP contribution in [0, 0.1) is 17.8 Å². The normalized spacial score (nSPS) is 46.3. The molecule has 0 radical (unpaired) electrons. The lowest BCUT2D eigenvalue weighted by Crippen LogP contribution is -2.43. The number of aldehydes is 1. The van der Waals surface area contributed by atoms with E-state index in [4.69, 9.17) is 4.74 Å². The van der Waals surface area contributed by atoms with E-state index in [1.807, 2.05) is 0 Å². The van der Waals surface area contributed by atoms with Gasteiger partial charge in [-0.15, -0.1) is 0 Å². The Morgan fingerprint density at radius 1 is 1.29 bits per heavy atom. The van der Waals surface area contributed by atoms with Gasteiger partial charge < -0.3 is 9.53 Å². The molecular formula is C11H15NO2. The van der Waals surface area contributed by atoms with Crippen molar-refractivity contribution >= 4 is 6.29 Å². The first kappa shape index (κ1) is 8.62. The van der Waals surface area contributed by atoms with E-state index in [-0.39, 0.29) is 0 Å². The molecule has 0 aromatic carbocycles. The van der Waals surface area contributed by atoms with Gasteiger partial charge in [0.15, 0.2) is 0 Å². The summed E-state index contributed by atoms with van der Waals surface area (Å²) in [5, 5.41) is 0. The van der Waals surface area contributed by atoms with Crippen LogP contribution >= 0.6 is 0 Å². The molecule has 76 valence electrons. The van der Waals surface area contributed by atoms with Crippen LogP contribution in [0.15, 0.2) is 12.2 Å². The van der Waals surface area contributed by atoms with Crippen LogP contribution in [0.4, 0.5) is 0 Å². The number of nitrogens with zero attached hydrogens (tertiary/aromatic N) is 1. The number of ether oxygens (including phenoxy) is 1. The largest absolute Gasteiger partial charge is 0.379 e. The van der Waals surface area contributed by atoms with Crippen LogP contribution in [0.2, 0.25) is 0 Å². The molecule has 2 aliphatic carbocycles. The monoisotopic (exact) mass is 193 g/mol.